The zero-order valence-electron chi connectivity index (χ0n) is 16.5. The lowest BCUT2D eigenvalue weighted by Crippen LogP contribution is -2.32. The molecule has 1 aromatic heterocycles. The van der Waals surface area contributed by atoms with Crippen molar-refractivity contribution in [2.24, 2.45) is 0 Å². The molecule has 0 radical (unpaired) electrons. The first-order chi connectivity index (χ1) is 13.2. The Balaban J connectivity index is 1.90. The number of aryl methyl sites for hydroxylation is 1. The van der Waals surface area contributed by atoms with Crippen molar-refractivity contribution in [1.82, 2.24) is 14.9 Å². The molecule has 1 N–H and O–H groups in total. The molecule has 3 rings (SSSR count). The first-order valence-corrected chi connectivity index (χ1v) is 10.2. The third-order valence-corrected chi connectivity index (χ3v) is 5.29. The van der Waals surface area contributed by atoms with Crippen LogP contribution in [0, 0.1) is 0 Å². The number of imidazole rings is 1. The maximum atomic E-state index is 11.3. The molecule has 0 bridgehead atoms. The molecule has 1 saturated heterocycles. The highest BCUT2D eigenvalue weighted by molar-refractivity contribution is 5.88. The fourth-order valence-electron chi connectivity index (χ4n) is 3.85. The van der Waals surface area contributed by atoms with E-state index in [-0.39, 0.29) is 5.97 Å². The topological polar surface area (TPSA) is 56.1 Å². The Morgan fingerprint density at radius 3 is 3.00 bits per heavy atom. The third-order valence-electron chi connectivity index (χ3n) is 5.29. The van der Waals surface area contributed by atoms with E-state index < -0.39 is 0 Å². The van der Waals surface area contributed by atoms with E-state index in [0.29, 0.717) is 6.04 Å². The number of aromatic nitrogens is 2. The van der Waals surface area contributed by atoms with Crippen molar-refractivity contribution >= 4 is 23.1 Å². The number of piperidine rings is 1. The molecule has 1 fully saturated rings. The van der Waals surface area contributed by atoms with Crippen molar-refractivity contribution in [3.05, 3.63) is 35.7 Å². The van der Waals surface area contributed by atoms with Crippen molar-refractivity contribution in [1.29, 1.82) is 0 Å². The summed E-state index contributed by atoms with van der Waals surface area (Å²) in [6, 6.07) is 6.73. The molecular formula is C22H31N3O2. The summed E-state index contributed by atoms with van der Waals surface area (Å²) < 4.78 is 7.13. The standard InChI is InChI=1S/C22H31N3O2/c1-3-4-5-6-9-21-24-19-15-17(11-13-22(26)27-2)10-12-20(19)25(21)18-8-7-14-23-16-18/h10-13,15,18,23H,3-9,14,16H2,1-2H3/b13-11+. The number of rotatable bonds is 8. The summed E-state index contributed by atoms with van der Waals surface area (Å²) in [6.45, 7) is 4.36. The number of benzene rings is 1. The van der Waals surface area contributed by atoms with Gasteiger partial charge in [0.15, 0.2) is 0 Å². The van der Waals surface area contributed by atoms with Gasteiger partial charge in [-0.3, -0.25) is 0 Å². The Bertz CT molecular complexity index is 788. The summed E-state index contributed by atoms with van der Waals surface area (Å²) in [5.41, 5.74) is 3.18. The minimum Gasteiger partial charge on any atom is -0.466 e. The molecule has 0 saturated carbocycles. The maximum Gasteiger partial charge on any atom is 0.330 e. The van der Waals surface area contributed by atoms with Crippen LogP contribution in [0.15, 0.2) is 24.3 Å². The van der Waals surface area contributed by atoms with Crippen LogP contribution in [0.1, 0.15) is 62.9 Å². The monoisotopic (exact) mass is 369 g/mol. The number of fused-ring (bicyclic) bond motifs is 1. The third kappa shape index (κ3) is 4.98. The molecule has 0 spiro atoms. The molecule has 1 atom stereocenters. The molecule has 5 nitrogen and oxygen atoms in total. The van der Waals surface area contributed by atoms with E-state index in [9.17, 15) is 4.79 Å². The van der Waals surface area contributed by atoms with Gasteiger partial charge in [-0.1, -0.05) is 32.3 Å². The van der Waals surface area contributed by atoms with Crippen LogP contribution < -0.4 is 5.32 Å². The summed E-state index contributed by atoms with van der Waals surface area (Å²) in [5, 5.41) is 3.53. The fraction of sp³-hybridized carbons (Fsp3) is 0.545. The predicted molar refractivity (Wildman–Crippen MR) is 110 cm³/mol. The summed E-state index contributed by atoms with van der Waals surface area (Å²) in [6.07, 6.45) is 11.7. The summed E-state index contributed by atoms with van der Waals surface area (Å²) in [7, 11) is 1.39. The minimum atomic E-state index is -0.342. The van der Waals surface area contributed by atoms with E-state index in [2.05, 4.69) is 39.7 Å². The Hall–Kier alpha value is -2.14. The van der Waals surface area contributed by atoms with Gasteiger partial charge in [0.1, 0.15) is 5.82 Å². The second-order valence-corrected chi connectivity index (χ2v) is 7.31. The fourth-order valence-corrected chi connectivity index (χ4v) is 3.85. The number of esters is 1. The number of unbranched alkanes of at least 4 members (excludes halogenated alkanes) is 3. The normalized spacial score (nSPS) is 17.6. The SMILES string of the molecule is CCCCCCc1nc2cc(/C=C/C(=O)OC)ccc2n1C1CCCNC1. The van der Waals surface area contributed by atoms with Crippen molar-refractivity contribution in [3.63, 3.8) is 0 Å². The van der Waals surface area contributed by atoms with Gasteiger partial charge in [0, 0.05) is 25.1 Å². The molecule has 0 aliphatic carbocycles. The van der Waals surface area contributed by atoms with Gasteiger partial charge in [0.2, 0.25) is 0 Å². The molecule has 5 heteroatoms. The lowest BCUT2D eigenvalue weighted by molar-refractivity contribution is -0.134. The molecule has 27 heavy (non-hydrogen) atoms. The highest BCUT2D eigenvalue weighted by atomic mass is 16.5. The number of hydrogen-bond acceptors (Lipinski definition) is 4. The minimum absolute atomic E-state index is 0.342. The molecule has 1 aliphatic rings. The smallest absolute Gasteiger partial charge is 0.330 e. The van der Waals surface area contributed by atoms with Gasteiger partial charge in [-0.05, 0) is 49.6 Å². The van der Waals surface area contributed by atoms with Crippen molar-refractivity contribution in [3.8, 4) is 0 Å². The van der Waals surface area contributed by atoms with Gasteiger partial charge < -0.3 is 14.6 Å². The van der Waals surface area contributed by atoms with E-state index in [1.807, 2.05) is 0 Å². The largest absolute Gasteiger partial charge is 0.466 e. The number of carbonyl (C=O) groups excluding carboxylic acids is 1. The number of hydrogen-bond donors (Lipinski definition) is 1. The van der Waals surface area contributed by atoms with Crippen molar-refractivity contribution < 1.29 is 9.53 Å². The van der Waals surface area contributed by atoms with E-state index >= 15 is 0 Å². The predicted octanol–water partition coefficient (Wildman–Crippen LogP) is 4.27. The molecule has 2 aromatic rings. The average Bonchev–Trinajstić information content (AvgIpc) is 3.07. The van der Waals surface area contributed by atoms with Crippen LogP contribution in [0.2, 0.25) is 0 Å². The van der Waals surface area contributed by atoms with Gasteiger partial charge in [-0.25, -0.2) is 9.78 Å². The molecular weight excluding hydrogens is 338 g/mol. The Kier molecular flexibility index (Phi) is 7.04. The molecule has 1 unspecified atom stereocenters. The van der Waals surface area contributed by atoms with Gasteiger partial charge in [-0.15, -0.1) is 0 Å². The molecule has 0 amide bonds. The molecule has 1 aromatic carbocycles. The lowest BCUT2D eigenvalue weighted by Gasteiger charge is -2.26. The summed E-state index contributed by atoms with van der Waals surface area (Å²) in [5.74, 6) is 0.856. The molecule has 146 valence electrons. The number of ether oxygens (including phenoxy) is 1. The average molecular weight is 370 g/mol. The number of nitrogens with zero attached hydrogens (tertiary/aromatic N) is 2. The quantitative estimate of drug-likeness (QED) is 0.429. The van der Waals surface area contributed by atoms with Gasteiger partial charge in [0.05, 0.1) is 18.1 Å². The first kappa shape index (κ1) is 19.6. The second kappa shape index (κ2) is 9.70. The second-order valence-electron chi connectivity index (χ2n) is 7.31. The van der Waals surface area contributed by atoms with E-state index in [1.54, 1.807) is 6.08 Å². The number of methoxy groups -OCH3 is 1. The highest BCUT2D eigenvalue weighted by Gasteiger charge is 2.21. The van der Waals surface area contributed by atoms with Gasteiger partial charge in [-0.2, -0.15) is 0 Å². The van der Waals surface area contributed by atoms with Crippen LogP contribution in [0.5, 0.6) is 0 Å². The molecule has 2 heterocycles. The Morgan fingerprint density at radius 2 is 2.26 bits per heavy atom. The summed E-state index contributed by atoms with van der Waals surface area (Å²) in [4.78, 5) is 16.3. The summed E-state index contributed by atoms with van der Waals surface area (Å²) >= 11 is 0. The van der Waals surface area contributed by atoms with Gasteiger partial charge >= 0.3 is 5.97 Å². The molecule has 1 aliphatic heterocycles. The zero-order chi connectivity index (χ0) is 19.1. The number of nitrogens with one attached hydrogen (secondary N) is 1. The lowest BCUT2D eigenvalue weighted by atomic mass is 10.1. The number of carbonyl (C=O) groups is 1. The highest BCUT2D eigenvalue weighted by Crippen LogP contribution is 2.27. The Labute approximate surface area is 161 Å². The van der Waals surface area contributed by atoms with Crippen LogP contribution in [-0.2, 0) is 16.0 Å². The Morgan fingerprint density at radius 1 is 1.37 bits per heavy atom. The van der Waals surface area contributed by atoms with Crippen LogP contribution in [0.25, 0.3) is 17.1 Å². The van der Waals surface area contributed by atoms with Gasteiger partial charge in [0.25, 0.3) is 0 Å². The van der Waals surface area contributed by atoms with Crippen LogP contribution >= 0.6 is 0 Å². The van der Waals surface area contributed by atoms with E-state index in [1.165, 1.54) is 63.1 Å². The van der Waals surface area contributed by atoms with E-state index in [4.69, 9.17) is 4.98 Å². The van der Waals surface area contributed by atoms with Crippen molar-refractivity contribution in [2.75, 3.05) is 20.2 Å². The van der Waals surface area contributed by atoms with Crippen LogP contribution in [0.3, 0.4) is 0 Å². The maximum absolute atomic E-state index is 11.3. The first-order valence-electron chi connectivity index (χ1n) is 10.2. The van der Waals surface area contributed by atoms with Crippen LogP contribution in [-0.4, -0.2) is 35.7 Å². The van der Waals surface area contributed by atoms with Crippen molar-refractivity contribution in [2.45, 2.75) is 57.9 Å². The van der Waals surface area contributed by atoms with E-state index in [0.717, 1.165) is 30.6 Å². The zero-order valence-corrected chi connectivity index (χ0v) is 16.5. The van der Waals surface area contributed by atoms with Crippen LogP contribution in [0.4, 0.5) is 0 Å².